The SMILES string of the molecule is CC(O)CC1(CC#N)CC1. The molecule has 0 heterocycles. The van der Waals surface area contributed by atoms with E-state index in [4.69, 9.17) is 10.4 Å². The van der Waals surface area contributed by atoms with Crippen molar-refractivity contribution < 1.29 is 5.11 Å². The fourth-order valence-electron chi connectivity index (χ4n) is 1.42. The standard InChI is InChI=1S/C8H13NO/c1-7(10)6-8(2-3-8)4-5-9/h7,10H,2-4,6H2,1H3. The van der Waals surface area contributed by atoms with E-state index in [1.807, 2.05) is 0 Å². The largest absolute Gasteiger partial charge is 0.393 e. The molecule has 1 unspecified atom stereocenters. The lowest BCUT2D eigenvalue weighted by Crippen LogP contribution is -2.09. The summed E-state index contributed by atoms with van der Waals surface area (Å²) in [5.74, 6) is 0. The van der Waals surface area contributed by atoms with E-state index in [0.717, 1.165) is 19.3 Å². The first-order valence-corrected chi connectivity index (χ1v) is 3.74. The molecule has 2 nitrogen and oxygen atoms in total. The molecule has 1 N–H and O–H groups in total. The molecule has 0 saturated heterocycles. The summed E-state index contributed by atoms with van der Waals surface area (Å²) in [4.78, 5) is 0. The summed E-state index contributed by atoms with van der Waals surface area (Å²) in [5.41, 5.74) is 0.211. The van der Waals surface area contributed by atoms with Crippen LogP contribution in [0.15, 0.2) is 0 Å². The Labute approximate surface area is 61.5 Å². The number of aliphatic hydroxyl groups excluding tert-OH is 1. The van der Waals surface area contributed by atoms with Crippen LogP contribution in [0.25, 0.3) is 0 Å². The van der Waals surface area contributed by atoms with Crippen LogP contribution in [0.3, 0.4) is 0 Å². The predicted octanol–water partition coefficient (Wildman–Crippen LogP) is 1.45. The minimum absolute atomic E-state index is 0.211. The third kappa shape index (κ3) is 1.71. The van der Waals surface area contributed by atoms with Crippen LogP contribution < -0.4 is 0 Å². The molecule has 2 heteroatoms. The minimum Gasteiger partial charge on any atom is -0.393 e. The summed E-state index contributed by atoms with van der Waals surface area (Å²) in [6.45, 7) is 1.79. The van der Waals surface area contributed by atoms with Crippen molar-refractivity contribution in [1.29, 1.82) is 5.26 Å². The highest BCUT2D eigenvalue weighted by atomic mass is 16.3. The van der Waals surface area contributed by atoms with E-state index in [1.165, 1.54) is 0 Å². The molecule has 10 heavy (non-hydrogen) atoms. The molecule has 0 bridgehead atoms. The summed E-state index contributed by atoms with van der Waals surface area (Å²) >= 11 is 0. The van der Waals surface area contributed by atoms with Crippen LogP contribution in [-0.2, 0) is 0 Å². The van der Waals surface area contributed by atoms with Crippen LogP contribution in [0.4, 0.5) is 0 Å². The molecular formula is C8H13NO. The molecule has 1 rings (SSSR count). The molecule has 56 valence electrons. The number of nitrogens with zero attached hydrogens (tertiary/aromatic N) is 1. The van der Waals surface area contributed by atoms with Crippen molar-refractivity contribution in [3.8, 4) is 6.07 Å². The maximum absolute atomic E-state index is 9.05. The van der Waals surface area contributed by atoms with Crippen molar-refractivity contribution in [2.24, 2.45) is 5.41 Å². The van der Waals surface area contributed by atoms with Crippen molar-refractivity contribution in [1.82, 2.24) is 0 Å². The molecule has 0 aromatic heterocycles. The molecule has 1 fully saturated rings. The molecule has 0 amide bonds. The summed E-state index contributed by atoms with van der Waals surface area (Å²) in [6.07, 6.45) is 3.45. The summed E-state index contributed by atoms with van der Waals surface area (Å²) in [5, 5.41) is 17.5. The normalized spacial score (nSPS) is 23.3. The lowest BCUT2D eigenvalue weighted by molar-refractivity contribution is 0.155. The van der Waals surface area contributed by atoms with Gasteiger partial charge in [0, 0.05) is 6.42 Å². The van der Waals surface area contributed by atoms with Gasteiger partial charge in [-0.1, -0.05) is 0 Å². The van der Waals surface area contributed by atoms with Crippen molar-refractivity contribution >= 4 is 0 Å². The lowest BCUT2D eigenvalue weighted by Gasteiger charge is -2.11. The predicted molar refractivity (Wildman–Crippen MR) is 38.2 cm³/mol. The van der Waals surface area contributed by atoms with E-state index in [-0.39, 0.29) is 11.5 Å². The van der Waals surface area contributed by atoms with E-state index >= 15 is 0 Å². The maximum Gasteiger partial charge on any atom is 0.0627 e. The fraction of sp³-hybridized carbons (Fsp3) is 0.875. The van der Waals surface area contributed by atoms with Gasteiger partial charge in [0.1, 0.15) is 0 Å². The Morgan fingerprint density at radius 3 is 2.60 bits per heavy atom. The first kappa shape index (κ1) is 7.56. The average molecular weight is 139 g/mol. The van der Waals surface area contributed by atoms with Gasteiger partial charge in [-0.15, -0.1) is 0 Å². The molecule has 0 radical (unpaired) electrons. The second-order valence-electron chi connectivity index (χ2n) is 3.39. The van der Waals surface area contributed by atoms with Crippen molar-refractivity contribution in [2.45, 2.75) is 38.7 Å². The Morgan fingerprint density at radius 1 is 1.70 bits per heavy atom. The van der Waals surface area contributed by atoms with E-state index < -0.39 is 0 Å². The first-order chi connectivity index (χ1) is 4.68. The Hall–Kier alpha value is -0.550. The van der Waals surface area contributed by atoms with Gasteiger partial charge < -0.3 is 5.11 Å². The Morgan fingerprint density at radius 2 is 2.30 bits per heavy atom. The van der Waals surface area contributed by atoms with Gasteiger partial charge in [0.25, 0.3) is 0 Å². The Balaban J connectivity index is 2.32. The molecule has 0 aromatic rings. The number of hydrogen-bond acceptors (Lipinski definition) is 2. The minimum atomic E-state index is -0.240. The zero-order chi connectivity index (χ0) is 7.61. The molecule has 0 spiro atoms. The van der Waals surface area contributed by atoms with Crippen LogP contribution in [0.2, 0.25) is 0 Å². The number of nitriles is 1. The van der Waals surface area contributed by atoms with E-state index in [2.05, 4.69) is 6.07 Å². The van der Waals surface area contributed by atoms with Crippen LogP contribution in [0, 0.1) is 16.7 Å². The summed E-state index contributed by atoms with van der Waals surface area (Å²) < 4.78 is 0. The van der Waals surface area contributed by atoms with Crippen LogP contribution in [-0.4, -0.2) is 11.2 Å². The third-order valence-corrected chi connectivity index (χ3v) is 2.14. The summed E-state index contributed by atoms with van der Waals surface area (Å²) in [7, 11) is 0. The number of hydrogen-bond donors (Lipinski definition) is 1. The monoisotopic (exact) mass is 139 g/mol. The molecule has 1 atom stereocenters. The third-order valence-electron chi connectivity index (χ3n) is 2.14. The molecule has 1 saturated carbocycles. The van der Waals surface area contributed by atoms with Crippen molar-refractivity contribution in [3.05, 3.63) is 0 Å². The van der Waals surface area contributed by atoms with Gasteiger partial charge in [0.15, 0.2) is 0 Å². The average Bonchev–Trinajstić information content (AvgIpc) is 2.47. The maximum atomic E-state index is 9.05. The number of rotatable bonds is 3. The fourth-order valence-corrected chi connectivity index (χ4v) is 1.42. The van der Waals surface area contributed by atoms with Gasteiger partial charge in [-0.3, -0.25) is 0 Å². The first-order valence-electron chi connectivity index (χ1n) is 3.74. The zero-order valence-electron chi connectivity index (χ0n) is 6.30. The van der Waals surface area contributed by atoms with Gasteiger partial charge in [0.2, 0.25) is 0 Å². The van der Waals surface area contributed by atoms with Gasteiger partial charge in [0.05, 0.1) is 12.2 Å². The molecular weight excluding hydrogens is 126 g/mol. The van der Waals surface area contributed by atoms with E-state index in [9.17, 15) is 0 Å². The Bertz CT molecular complexity index is 153. The molecule has 1 aliphatic rings. The van der Waals surface area contributed by atoms with Crippen molar-refractivity contribution in [3.63, 3.8) is 0 Å². The number of aliphatic hydroxyl groups is 1. The zero-order valence-corrected chi connectivity index (χ0v) is 6.30. The van der Waals surface area contributed by atoms with E-state index in [1.54, 1.807) is 6.92 Å². The van der Waals surface area contributed by atoms with Crippen LogP contribution >= 0.6 is 0 Å². The topological polar surface area (TPSA) is 44.0 Å². The molecule has 1 aliphatic carbocycles. The van der Waals surface area contributed by atoms with Gasteiger partial charge in [-0.25, -0.2) is 0 Å². The van der Waals surface area contributed by atoms with Gasteiger partial charge >= 0.3 is 0 Å². The molecule has 0 aliphatic heterocycles. The second-order valence-corrected chi connectivity index (χ2v) is 3.39. The molecule has 0 aromatic carbocycles. The lowest BCUT2D eigenvalue weighted by atomic mass is 9.96. The summed E-state index contributed by atoms with van der Waals surface area (Å²) in [6, 6.07) is 2.16. The highest BCUT2D eigenvalue weighted by molar-refractivity contribution is 4.99. The second kappa shape index (κ2) is 2.59. The van der Waals surface area contributed by atoms with Gasteiger partial charge in [-0.05, 0) is 31.6 Å². The van der Waals surface area contributed by atoms with Crippen LogP contribution in [0.1, 0.15) is 32.6 Å². The highest BCUT2D eigenvalue weighted by Gasteiger charge is 2.42. The van der Waals surface area contributed by atoms with Gasteiger partial charge in [-0.2, -0.15) is 5.26 Å². The Kier molecular flexibility index (Phi) is 1.96. The van der Waals surface area contributed by atoms with E-state index in [0.29, 0.717) is 6.42 Å². The smallest absolute Gasteiger partial charge is 0.0627 e. The highest BCUT2D eigenvalue weighted by Crippen LogP contribution is 2.52. The van der Waals surface area contributed by atoms with Crippen molar-refractivity contribution in [2.75, 3.05) is 0 Å². The van der Waals surface area contributed by atoms with Crippen LogP contribution in [0.5, 0.6) is 0 Å². The quantitative estimate of drug-likeness (QED) is 0.643.